The van der Waals surface area contributed by atoms with Gasteiger partial charge in [-0.1, -0.05) is 66.2 Å². The highest BCUT2D eigenvalue weighted by molar-refractivity contribution is 7.92. The van der Waals surface area contributed by atoms with Gasteiger partial charge in [-0.05, 0) is 69.2 Å². The molecule has 0 aliphatic heterocycles. The number of anilines is 1. The summed E-state index contributed by atoms with van der Waals surface area (Å²) in [6.07, 6.45) is 0.177. The molecule has 0 aliphatic rings. The van der Waals surface area contributed by atoms with E-state index in [1.54, 1.807) is 12.1 Å². The van der Waals surface area contributed by atoms with Gasteiger partial charge < -0.3 is 15.0 Å². The summed E-state index contributed by atoms with van der Waals surface area (Å²) in [5.41, 5.74) is 2.63. The zero-order chi connectivity index (χ0) is 35.0. The van der Waals surface area contributed by atoms with Crippen LogP contribution >= 0.6 is 0 Å². The molecule has 11 nitrogen and oxygen atoms in total. The third-order valence-corrected chi connectivity index (χ3v) is 9.55. The Balaban J connectivity index is 1.84. The summed E-state index contributed by atoms with van der Waals surface area (Å²) in [7, 11) is -3.07. The molecule has 4 aromatic carbocycles. The Labute approximate surface area is 281 Å². The molecule has 0 heterocycles. The molecule has 0 radical (unpaired) electrons. The number of hydrogen-bond acceptors (Lipinski definition) is 7. The van der Waals surface area contributed by atoms with Gasteiger partial charge in [0.15, 0.2) is 0 Å². The first-order valence-electron chi connectivity index (χ1n) is 15.4. The fourth-order valence-corrected chi connectivity index (χ4v) is 6.61. The van der Waals surface area contributed by atoms with Gasteiger partial charge >= 0.3 is 0 Å². The van der Waals surface area contributed by atoms with E-state index in [4.69, 9.17) is 4.74 Å². The number of rotatable bonds is 14. The lowest BCUT2D eigenvalue weighted by molar-refractivity contribution is -0.385. The van der Waals surface area contributed by atoms with Crippen LogP contribution in [0.25, 0.3) is 0 Å². The van der Waals surface area contributed by atoms with Gasteiger partial charge in [0.1, 0.15) is 18.3 Å². The van der Waals surface area contributed by atoms with Crippen molar-refractivity contribution in [3.05, 3.63) is 129 Å². The van der Waals surface area contributed by atoms with Crippen molar-refractivity contribution in [1.29, 1.82) is 0 Å². The van der Waals surface area contributed by atoms with Crippen molar-refractivity contribution in [3.8, 4) is 5.75 Å². The maximum absolute atomic E-state index is 14.6. The molecule has 2 amide bonds. The molecule has 0 saturated heterocycles. The first-order chi connectivity index (χ1) is 22.8. The molecule has 0 aromatic heterocycles. The van der Waals surface area contributed by atoms with Crippen LogP contribution in [-0.2, 0) is 32.6 Å². The highest BCUT2D eigenvalue weighted by atomic mass is 32.2. The molecular formula is C36H40N4O7S. The van der Waals surface area contributed by atoms with Crippen LogP contribution in [0.5, 0.6) is 5.75 Å². The Kier molecular flexibility index (Phi) is 11.6. The Morgan fingerprint density at radius 3 is 2.12 bits per heavy atom. The van der Waals surface area contributed by atoms with Crippen molar-refractivity contribution in [3.63, 3.8) is 0 Å². The van der Waals surface area contributed by atoms with Crippen LogP contribution in [0.4, 0.5) is 11.4 Å². The van der Waals surface area contributed by atoms with Gasteiger partial charge in [-0.25, -0.2) is 8.42 Å². The van der Waals surface area contributed by atoms with E-state index >= 15 is 0 Å². The number of carbonyl (C=O) groups excluding carboxylic acids is 2. The first kappa shape index (κ1) is 35.6. The molecular weight excluding hydrogens is 632 g/mol. The zero-order valence-corrected chi connectivity index (χ0v) is 28.4. The number of nitrogens with one attached hydrogen (secondary N) is 1. The minimum atomic E-state index is -4.54. The van der Waals surface area contributed by atoms with Gasteiger partial charge in [0.2, 0.25) is 11.8 Å². The normalized spacial score (nSPS) is 11.9. The van der Waals surface area contributed by atoms with E-state index < -0.39 is 33.4 Å². The van der Waals surface area contributed by atoms with Gasteiger partial charge in [-0.15, -0.1) is 0 Å². The van der Waals surface area contributed by atoms with Gasteiger partial charge in [-0.3, -0.25) is 24.0 Å². The minimum absolute atomic E-state index is 0.0225. The van der Waals surface area contributed by atoms with Crippen LogP contribution in [0.1, 0.15) is 36.1 Å². The molecule has 0 saturated carbocycles. The van der Waals surface area contributed by atoms with E-state index in [9.17, 15) is 28.1 Å². The largest absolute Gasteiger partial charge is 0.497 e. The molecule has 4 aromatic rings. The topological polar surface area (TPSA) is 139 Å². The van der Waals surface area contributed by atoms with Crippen molar-refractivity contribution < 1.29 is 27.7 Å². The minimum Gasteiger partial charge on any atom is -0.497 e. The van der Waals surface area contributed by atoms with Gasteiger partial charge in [0, 0.05) is 30.6 Å². The molecule has 0 spiro atoms. The third kappa shape index (κ3) is 8.77. The first-order valence-corrected chi connectivity index (χ1v) is 16.8. The molecule has 252 valence electrons. The van der Waals surface area contributed by atoms with Gasteiger partial charge in [0.05, 0.1) is 22.6 Å². The van der Waals surface area contributed by atoms with E-state index in [-0.39, 0.29) is 46.7 Å². The summed E-state index contributed by atoms with van der Waals surface area (Å²) >= 11 is 0. The van der Waals surface area contributed by atoms with E-state index in [1.165, 1.54) is 43.2 Å². The standard InChI is InChI=1S/C36H40N4O7S/c1-25(2)37-36(42)34(21-28-9-7-6-8-10-28)38(23-29-14-11-26(3)12-15-29)35(41)24-39(30-16-18-31(47-5)19-17-30)48(45,46)32-20-13-27(4)33(22-32)40(43)44/h6-20,22,25,34H,21,23-24H2,1-5H3,(H,37,42)/t34-/m1/s1. The molecule has 0 bridgehead atoms. The molecule has 48 heavy (non-hydrogen) atoms. The second-order valence-corrected chi connectivity index (χ2v) is 13.7. The molecule has 1 N–H and O–H groups in total. The molecule has 0 aliphatic carbocycles. The number of sulfonamides is 1. The maximum Gasteiger partial charge on any atom is 0.273 e. The van der Waals surface area contributed by atoms with Gasteiger partial charge in [-0.2, -0.15) is 0 Å². The summed E-state index contributed by atoms with van der Waals surface area (Å²) in [6, 6.07) is 25.3. The number of amides is 2. The summed E-state index contributed by atoms with van der Waals surface area (Å²) < 4.78 is 34.7. The van der Waals surface area contributed by atoms with Crippen LogP contribution in [0.3, 0.4) is 0 Å². The average molecular weight is 673 g/mol. The zero-order valence-electron chi connectivity index (χ0n) is 27.6. The van der Waals surface area contributed by atoms with Crippen LogP contribution in [-0.4, -0.2) is 55.8 Å². The Bertz CT molecular complexity index is 1850. The smallest absolute Gasteiger partial charge is 0.273 e. The lowest BCUT2D eigenvalue weighted by Crippen LogP contribution is -2.54. The molecule has 1 atom stereocenters. The highest BCUT2D eigenvalue weighted by Gasteiger charge is 2.35. The number of hydrogen-bond donors (Lipinski definition) is 1. The van der Waals surface area contributed by atoms with E-state index in [0.29, 0.717) is 5.75 Å². The van der Waals surface area contributed by atoms with Crippen molar-refractivity contribution >= 4 is 33.2 Å². The van der Waals surface area contributed by atoms with Crippen LogP contribution in [0, 0.1) is 24.0 Å². The lowest BCUT2D eigenvalue weighted by Gasteiger charge is -2.34. The Morgan fingerprint density at radius 1 is 0.896 bits per heavy atom. The van der Waals surface area contributed by atoms with Crippen molar-refractivity contribution in [1.82, 2.24) is 10.2 Å². The highest BCUT2D eigenvalue weighted by Crippen LogP contribution is 2.30. The SMILES string of the molecule is COc1ccc(N(CC(=O)N(Cc2ccc(C)cc2)[C@H](Cc2ccccc2)C(=O)NC(C)C)S(=O)(=O)c2ccc(C)c([N+](=O)[O-])c2)cc1. The second kappa shape index (κ2) is 15.6. The quantitative estimate of drug-likeness (QED) is 0.136. The van der Waals surface area contributed by atoms with Crippen molar-refractivity contribution in [2.75, 3.05) is 18.0 Å². The van der Waals surface area contributed by atoms with E-state index in [1.807, 2.05) is 75.4 Å². The number of aryl methyl sites for hydroxylation is 2. The number of benzene rings is 4. The summed E-state index contributed by atoms with van der Waals surface area (Å²) in [4.78, 5) is 40.5. The third-order valence-electron chi connectivity index (χ3n) is 7.78. The van der Waals surface area contributed by atoms with Crippen LogP contribution in [0.2, 0.25) is 0 Å². The van der Waals surface area contributed by atoms with E-state index in [2.05, 4.69) is 5.32 Å². The van der Waals surface area contributed by atoms with Crippen LogP contribution in [0.15, 0.2) is 102 Å². The number of nitro benzene ring substituents is 1. The maximum atomic E-state index is 14.6. The Hall–Kier alpha value is -5.23. The average Bonchev–Trinajstić information content (AvgIpc) is 3.06. The fourth-order valence-electron chi connectivity index (χ4n) is 5.18. The van der Waals surface area contributed by atoms with E-state index in [0.717, 1.165) is 27.1 Å². The van der Waals surface area contributed by atoms with Crippen LogP contribution < -0.4 is 14.4 Å². The molecule has 12 heteroatoms. The monoisotopic (exact) mass is 672 g/mol. The van der Waals surface area contributed by atoms with Crippen molar-refractivity contribution in [2.24, 2.45) is 0 Å². The number of nitrogens with zero attached hydrogens (tertiary/aromatic N) is 3. The fraction of sp³-hybridized carbons (Fsp3) is 0.278. The van der Waals surface area contributed by atoms with Crippen molar-refractivity contribution in [2.45, 2.75) is 57.6 Å². The number of methoxy groups -OCH3 is 1. The predicted molar refractivity (Wildman–Crippen MR) is 184 cm³/mol. The second-order valence-electron chi connectivity index (χ2n) is 11.8. The predicted octanol–water partition coefficient (Wildman–Crippen LogP) is 5.58. The molecule has 0 fully saturated rings. The number of carbonyl (C=O) groups is 2. The summed E-state index contributed by atoms with van der Waals surface area (Å²) in [6.45, 7) is 6.42. The lowest BCUT2D eigenvalue weighted by atomic mass is 10.0. The number of ether oxygens (including phenoxy) is 1. The summed E-state index contributed by atoms with van der Waals surface area (Å²) in [5, 5.41) is 14.6. The van der Waals surface area contributed by atoms with Gasteiger partial charge in [0.25, 0.3) is 15.7 Å². The number of nitro groups is 1. The summed E-state index contributed by atoms with van der Waals surface area (Å²) in [5.74, 6) is -0.568. The molecule has 0 unspecified atom stereocenters. The molecule has 4 rings (SSSR count). The Morgan fingerprint density at radius 2 is 1.54 bits per heavy atom.